The number of esters is 2. The number of aliphatic hydroxyl groups is 2. The lowest BCUT2D eigenvalue weighted by Crippen LogP contribution is -2.87. The Morgan fingerprint density at radius 3 is 2.33 bits per heavy atom. The van der Waals surface area contributed by atoms with Crippen LogP contribution in [0.4, 0.5) is 0 Å². The van der Waals surface area contributed by atoms with Crippen LogP contribution in [-0.4, -0.2) is 88.6 Å². The maximum atomic E-state index is 13.9. The molecular formula is C27H43NO8. The number of carbonyl (C=O) groups is 3. The van der Waals surface area contributed by atoms with Gasteiger partial charge in [0.2, 0.25) is 0 Å². The second-order valence-corrected chi connectivity index (χ2v) is 12.4. The van der Waals surface area contributed by atoms with Gasteiger partial charge in [0.15, 0.2) is 17.5 Å². The minimum Gasteiger partial charge on any atom is -0.458 e. The molecule has 9 nitrogen and oxygen atoms in total. The average molecular weight is 510 g/mol. The summed E-state index contributed by atoms with van der Waals surface area (Å²) in [6.07, 6.45) is -1.19. The Morgan fingerprint density at radius 1 is 1.19 bits per heavy atom. The van der Waals surface area contributed by atoms with Crippen LogP contribution < -0.4 is 0 Å². The second kappa shape index (κ2) is 9.19. The Balaban J connectivity index is 2.29. The SMILES string of the molecule is C=C[C@@]1(C)CC(=O)C2(O)[C@@]3(C)C(O)CCC(C)(C)C3[C@H](OC(=O)CCN(C)C)[C@H](OC(C)=O)[C@@]2(C)O1. The molecule has 0 aromatic rings. The highest BCUT2D eigenvalue weighted by atomic mass is 16.6. The van der Waals surface area contributed by atoms with Crippen LogP contribution in [0.25, 0.3) is 0 Å². The molecule has 8 atom stereocenters. The van der Waals surface area contributed by atoms with Crippen LogP contribution in [0.15, 0.2) is 12.7 Å². The third-order valence-corrected chi connectivity index (χ3v) is 9.03. The molecule has 3 unspecified atom stereocenters. The molecule has 1 aliphatic heterocycles. The molecule has 0 aromatic carbocycles. The highest BCUT2D eigenvalue weighted by molar-refractivity contribution is 5.92. The third-order valence-electron chi connectivity index (χ3n) is 9.03. The van der Waals surface area contributed by atoms with Crippen molar-refractivity contribution >= 4 is 17.7 Å². The van der Waals surface area contributed by atoms with Crippen molar-refractivity contribution in [2.24, 2.45) is 16.7 Å². The molecule has 9 heteroatoms. The predicted octanol–water partition coefficient (Wildman–Crippen LogP) is 2.02. The number of hydrogen-bond donors (Lipinski definition) is 2. The fraction of sp³-hybridized carbons (Fsp3) is 0.815. The number of fused-ring (bicyclic) bond motifs is 3. The first kappa shape index (κ1) is 28.8. The first-order valence-corrected chi connectivity index (χ1v) is 12.7. The summed E-state index contributed by atoms with van der Waals surface area (Å²) < 4.78 is 18.4. The molecule has 1 saturated heterocycles. The Labute approximate surface area is 214 Å². The topological polar surface area (TPSA) is 123 Å². The van der Waals surface area contributed by atoms with E-state index in [0.717, 1.165) is 0 Å². The van der Waals surface area contributed by atoms with Gasteiger partial charge in [0.05, 0.1) is 18.1 Å². The largest absolute Gasteiger partial charge is 0.458 e. The van der Waals surface area contributed by atoms with Crippen molar-refractivity contribution in [3.63, 3.8) is 0 Å². The van der Waals surface area contributed by atoms with E-state index in [4.69, 9.17) is 14.2 Å². The van der Waals surface area contributed by atoms with Crippen LogP contribution in [0.5, 0.6) is 0 Å². The summed E-state index contributed by atoms with van der Waals surface area (Å²) in [5.41, 5.74) is -7.31. The maximum absolute atomic E-state index is 13.9. The number of nitrogens with zero attached hydrogens (tertiary/aromatic N) is 1. The number of hydrogen-bond acceptors (Lipinski definition) is 9. The lowest BCUT2D eigenvalue weighted by molar-refractivity contribution is -0.371. The van der Waals surface area contributed by atoms with Gasteiger partial charge in [-0.05, 0) is 46.2 Å². The zero-order valence-electron chi connectivity index (χ0n) is 22.9. The molecule has 3 aliphatic rings. The van der Waals surface area contributed by atoms with Gasteiger partial charge in [0, 0.05) is 31.2 Å². The number of ketones is 1. The first-order chi connectivity index (χ1) is 16.4. The van der Waals surface area contributed by atoms with E-state index in [1.165, 1.54) is 19.9 Å². The predicted molar refractivity (Wildman–Crippen MR) is 132 cm³/mol. The van der Waals surface area contributed by atoms with Crippen molar-refractivity contribution in [2.45, 2.75) is 102 Å². The highest BCUT2D eigenvalue weighted by Crippen LogP contribution is 2.67. The molecule has 0 bridgehead atoms. The number of Topliss-reactive ketones (excluding diaryl/α,β-unsaturated/α-hetero) is 1. The van der Waals surface area contributed by atoms with Crippen molar-refractivity contribution < 1.29 is 38.8 Å². The zero-order chi connectivity index (χ0) is 27.5. The standard InChI is InChI=1S/C27H43NO8/c1-10-24(5)15-18(31)27(33)25(6)17(30)11-13-23(3,4)21(25)20(35-19(32)12-14-28(8)9)22(34-16(2)29)26(27,7)36-24/h10,17,20-22,30,33H,1,11-15H2,2-9H3/t17?,20-,21?,22-,24-,25-,26+,27?/m0/s1. The van der Waals surface area contributed by atoms with Crippen LogP contribution in [0.3, 0.4) is 0 Å². The molecule has 0 spiro atoms. The van der Waals surface area contributed by atoms with Crippen molar-refractivity contribution in [3.05, 3.63) is 12.7 Å². The van der Waals surface area contributed by atoms with Gasteiger partial charge < -0.3 is 29.3 Å². The van der Waals surface area contributed by atoms with Crippen LogP contribution >= 0.6 is 0 Å². The second-order valence-electron chi connectivity index (χ2n) is 12.4. The Hall–Kier alpha value is -1.81. The van der Waals surface area contributed by atoms with E-state index in [-0.39, 0.29) is 12.8 Å². The van der Waals surface area contributed by atoms with E-state index in [2.05, 4.69) is 6.58 Å². The molecule has 0 radical (unpaired) electrons. The Kier molecular flexibility index (Phi) is 7.34. The summed E-state index contributed by atoms with van der Waals surface area (Å²) in [6, 6.07) is 0. The normalized spacial score (nSPS) is 43.8. The number of rotatable bonds is 6. The van der Waals surface area contributed by atoms with Gasteiger partial charge in [0.1, 0.15) is 11.7 Å². The summed E-state index contributed by atoms with van der Waals surface area (Å²) in [4.78, 5) is 41.3. The molecule has 204 valence electrons. The first-order valence-electron chi connectivity index (χ1n) is 12.7. The van der Waals surface area contributed by atoms with Crippen molar-refractivity contribution in [2.75, 3.05) is 20.6 Å². The molecular weight excluding hydrogens is 466 g/mol. The summed E-state index contributed by atoms with van der Waals surface area (Å²) in [7, 11) is 3.68. The number of ether oxygens (including phenoxy) is 3. The van der Waals surface area contributed by atoms with E-state index in [9.17, 15) is 24.6 Å². The summed E-state index contributed by atoms with van der Waals surface area (Å²) >= 11 is 0. The van der Waals surface area contributed by atoms with Crippen molar-refractivity contribution in [3.8, 4) is 0 Å². The van der Waals surface area contributed by atoms with Crippen molar-refractivity contribution in [1.82, 2.24) is 4.90 Å². The number of carbonyl (C=O) groups excluding carboxylic acids is 3. The third kappa shape index (κ3) is 4.12. The molecule has 0 aromatic heterocycles. The van der Waals surface area contributed by atoms with E-state index < -0.39 is 69.6 Å². The minimum absolute atomic E-state index is 0.0911. The minimum atomic E-state index is -2.24. The quantitative estimate of drug-likeness (QED) is 0.409. The van der Waals surface area contributed by atoms with Gasteiger partial charge in [-0.15, -0.1) is 6.58 Å². The summed E-state index contributed by atoms with van der Waals surface area (Å²) in [5.74, 6) is -2.43. The van der Waals surface area contributed by atoms with Gasteiger partial charge in [-0.25, -0.2) is 0 Å². The van der Waals surface area contributed by atoms with Gasteiger partial charge in [-0.1, -0.05) is 26.8 Å². The maximum Gasteiger partial charge on any atom is 0.307 e. The van der Waals surface area contributed by atoms with Gasteiger partial charge in [0.25, 0.3) is 0 Å². The van der Waals surface area contributed by atoms with Crippen LogP contribution in [0.1, 0.15) is 67.2 Å². The molecule has 3 rings (SSSR count). The van der Waals surface area contributed by atoms with Crippen LogP contribution in [0.2, 0.25) is 0 Å². The smallest absolute Gasteiger partial charge is 0.307 e. The van der Waals surface area contributed by atoms with E-state index in [1.54, 1.807) is 13.8 Å². The fourth-order valence-electron chi connectivity index (χ4n) is 7.27. The lowest BCUT2D eigenvalue weighted by Gasteiger charge is -2.71. The molecule has 2 N–H and O–H groups in total. The van der Waals surface area contributed by atoms with Gasteiger partial charge in [-0.2, -0.15) is 0 Å². The highest BCUT2D eigenvalue weighted by Gasteiger charge is 2.82. The van der Waals surface area contributed by atoms with E-state index in [0.29, 0.717) is 19.4 Å². The Morgan fingerprint density at radius 2 is 1.81 bits per heavy atom. The summed E-state index contributed by atoms with van der Waals surface area (Å²) in [5, 5.41) is 24.0. The molecule has 0 amide bonds. The lowest BCUT2D eigenvalue weighted by atomic mass is 9.39. The van der Waals surface area contributed by atoms with Gasteiger partial charge >= 0.3 is 11.9 Å². The Bertz CT molecular complexity index is 933. The fourth-order valence-corrected chi connectivity index (χ4v) is 7.27. The molecule has 36 heavy (non-hydrogen) atoms. The van der Waals surface area contributed by atoms with Gasteiger partial charge in [-0.3, -0.25) is 14.4 Å². The molecule has 3 fully saturated rings. The molecule has 1 heterocycles. The van der Waals surface area contributed by atoms with Crippen molar-refractivity contribution in [1.29, 1.82) is 0 Å². The monoisotopic (exact) mass is 509 g/mol. The van der Waals surface area contributed by atoms with Crippen LogP contribution in [-0.2, 0) is 28.6 Å². The van der Waals surface area contributed by atoms with Crippen LogP contribution in [0, 0.1) is 16.7 Å². The summed E-state index contributed by atoms with van der Waals surface area (Å²) in [6.45, 7) is 14.2. The molecule has 2 saturated carbocycles. The van der Waals surface area contributed by atoms with E-state index in [1.807, 2.05) is 32.8 Å². The number of aliphatic hydroxyl groups excluding tert-OH is 1. The average Bonchev–Trinajstić information content (AvgIpc) is 2.75. The molecule has 2 aliphatic carbocycles. The van der Waals surface area contributed by atoms with E-state index >= 15 is 0 Å². The zero-order valence-corrected chi connectivity index (χ0v) is 22.9.